The van der Waals surface area contributed by atoms with Gasteiger partial charge in [-0.05, 0) is 25.5 Å². The Kier molecular flexibility index (Phi) is 3.33. The molecule has 0 radical (unpaired) electrons. The molecule has 72 valence electrons. The van der Waals surface area contributed by atoms with Gasteiger partial charge in [-0.25, -0.2) is 4.39 Å². The fourth-order valence-electron chi connectivity index (χ4n) is 1.06. The van der Waals surface area contributed by atoms with E-state index in [4.69, 9.17) is 10.8 Å². The van der Waals surface area contributed by atoms with E-state index in [-0.39, 0.29) is 18.5 Å². The molecular formula is C9H13FN2O. The van der Waals surface area contributed by atoms with Crippen molar-refractivity contribution in [1.82, 2.24) is 4.98 Å². The van der Waals surface area contributed by atoms with Crippen LogP contribution >= 0.6 is 0 Å². The van der Waals surface area contributed by atoms with E-state index in [9.17, 15) is 4.39 Å². The van der Waals surface area contributed by atoms with Gasteiger partial charge in [0.25, 0.3) is 0 Å². The van der Waals surface area contributed by atoms with Crippen LogP contribution in [-0.2, 0) is 0 Å². The average Bonchev–Trinajstić information content (AvgIpc) is 2.10. The molecule has 3 N–H and O–H groups in total. The Morgan fingerprint density at radius 3 is 2.85 bits per heavy atom. The molecule has 1 aromatic rings. The van der Waals surface area contributed by atoms with Crippen LogP contribution in [0.4, 0.5) is 4.39 Å². The van der Waals surface area contributed by atoms with Crippen LogP contribution in [0.15, 0.2) is 12.1 Å². The van der Waals surface area contributed by atoms with E-state index in [1.54, 1.807) is 13.0 Å². The van der Waals surface area contributed by atoms with Crippen LogP contribution in [0, 0.1) is 12.7 Å². The molecule has 1 unspecified atom stereocenters. The first-order valence-corrected chi connectivity index (χ1v) is 4.14. The van der Waals surface area contributed by atoms with E-state index >= 15 is 0 Å². The summed E-state index contributed by atoms with van der Waals surface area (Å²) in [5.74, 6) is -0.333. The summed E-state index contributed by atoms with van der Waals surface area (Å²) < 4.78 is 12.8. The van der Waals surface area contributed by atoms with Gasteiger partial charge < -0.3 is 10.8 Å². The van der Waals surface area contributed by atoms with E-state index in [2.05, 4.69) is 4.98 Å². The van der Waals surface area contributed by atoms with Crippen LogP contribution in [0.2, 0.25) is 0 Å². The lowest BCUT2D eigenvalue weighted by molar-refractivity contribution is 0.275. The lowest BCUT2D eigenvalue weighted by Crippen LogP contribution is -2.14. The molecule has 3 nitrogen and oxygen atoms in total. The predicted octanol–water partition coefficient (Wildman–Crippen LogP) is 0.911. The molecule has 0 fully saturated rings. The molecule has 0 bridgehead atoms. The van der Waals surface area contributed by atoms with E-state index in [0.717, 1.165) is 0 Å². The van der Waals surface area contributed by atoms with Crippen molar-refractivity contribution >= 4 is 0 Å². The minimum Gasteiger partial charge on any atom is -0.396 e. The molecule has 0 amide bonds. The number of hydrogen-bond acceptors (Lipinski definition) is 3. The van der Waals surface area contributed by atoms with Crippen molar-refractivity contribution in [2.75, 3.05) is 6.61 Å². The molecule has 1 aromatic heterocycles. The van der Waals surface area contributed by atoms with E-state index in [1.807, 2.05) is 0 Å². The number of nitrogens with two attached hydrogens (primary N) is 1. The second-order valence-corrected chi connectivity index (χ2v) is 2.92. The first-order chi connectivity index (χ1) is 6.15. The largest absolute Gasteiger partial charge is 0.396 e. The molecule has 1 rings (SSSR count). The number of pyridine rings is 1. The van der Waals surface area contributed by atoms with Gasteiger partial charge in [0, 0.05) is 12.6 Å². The molecule has 1 atom stereocenters. The van der Waals surface area contributed by atoms with Gasteiger partial charge in [-0.3, -0.25) is 4.98 Å². The number of nitrogens with zero attached hydrogens (tertiary/aromatic N) is 1. The second kappa shape index (κ2) is 4.30. The van der Waals surface area contributed by atoms with Gasteiger partial charge in [0.2, 0.25) is 0 Å². The first-order valence-electron chi connectivity index (χ1n) is 4.14. The van der Waals surface area contributed by atoms with Gasteiger partial charge in [-0.1, -0.05) is 0 Å². The van der Waals surface area contributed by atoms with Crippen LogP contribution in [0.1, 0.15) is 23.9 Å². The van der Waals surface area contributed by atoms with Gasteiger partial charge in [-0.2, -0.15) is 0 Å². The van der Waals surface area contributed by atoms with Gasteiger partial charge in [0.1, 0.15) is 5.82 Å². The molecule has 13 heavy (non-hydrogen) atoms. The number of aliphatic hydroxyl groups is 1. The highest BCUT2D eigenvalue weighted by Crippen LogP contribution is 2.12. The molecule has 0 saturated heterocycles. The van der Waals surface area contributed by atoms with Crippen LogP contribution in [0.3, 0.4) is 0 Å². The summed E-state index contributed by atoms with van der Waals surface area (Å²) in [4.78, 5) is 3.98. The number of rotatable bonds is 3. The van der Waals surface area contributed by atoms with Crippen molar-refractivity contribution in [3.63, 3.8) is 0 Å². The topological polar surface area (TPSA) is 59.1 Å². The van der Waals surface area contributed by atoms with Crippen LogP contribution in [-0.4, -0.2) is 16.7 Å². The van der Waals surface area contributed by atoms with E-state index in [0.29, 0.717) is 17.8 Å². The Labute approximate surface area is 76.4 Å². The van der Waals surface area contributed by atoms with Crippen molar-refractivity contribution in [1.29, 1.82) is 0 Å². The third kappa shape index (κ3) is 2.47. The number of aromatic nitrogens is 1. The molecular weight excluding hydrogens is 171 g/mol. The summed E-state index contributed by atoms with van der Waals surface area (Å²) in [5, 5.41) is 8.64. The fourth-order valence-corrected chi connectivity index (χ4v) is 1.06. The second-order valence-electron chi connectivity index (χ2n) is 2.92. The Bertz CT molecular complexity index is 291. The van der Waals surface area contributed by atoms with Crippen molar-refractivity contribution in [3.05, 3.63) is 29.3 Å². The van der Waals surface area contributed by atoms with Crippen molar-refractivity contribution in [2.24, 2.45) is 5.73 Å². The summed E-state index contributed by atoms with van der Waals surface area (Å²) in [6.07, 6.45) is 0.443. The molecule has 0 saturated carbocycles. The molecule has 4 heteroatoms. The molecule has 0 spiro atoms. The van der Waals surface area contributed by atoms with Gasteiger partial charge in [0.05, 0.1) is 11.4 Å². The Morgan fingerprint density at radius 2 is 2.31 bits per heavy atom. The van der Waals surface area contributed by atoms with Crippen molar-refractivity contribution < 1.29 is 9.50 Å². The van der Waals surface area contributed by atoms with Gasteiger partial charge in [-0.15, -0.1) is 0 Å². The number of aliphatic hydroxyl groups excluding tert-OH is 1. The number of hydrogen-bond donors (Lipinski definition) is 2. The van der Waals surface area contributed by atoms with E-state index in [1.165, 1.54) is 6.07 Å². The standard InChI is InChI=1S/C9H13FN2O/c1-6-7(10)2-3-9(12-6)8(11)4-5-13/h2-3,8,13H,4-5,11H2,1H3. The predicted molar refractivity (Wildman–Crippen MR) is 47.6 cm³/mol. The fraction of sp³-hybridized carbons (Fsp3) is 0.444. The number of halogens is 1. The maximum absolute atomic E-state index is 12.8. The molecule has 0 aliphatic rings. The third-order valence-corrected chi connectivity index (χ3v) is 1.86. The minimum atomic E-state index is -0.333. The summed E-state index contributed by atoms with van der Waals surface area (Å²) in [5.41, 5.74) is 6.64. The highest BCUT2D eigenvalue weighted by molar-refractivity contribution is 5.14. The highest BCUT2D eigenvalue weighted by atomic mass is 19.1. The van der Waals surface area contributed by atoms with Gasteiger partial charge >= 0.3 is 0 Å². The summed E-state index contributed by atoms with van der Waals surface area (Å²) >= 11 is 0. The Balaban J connectivity index is 2.84. The van der Waals surface area contributed by atoms with Crippen LogP contribution in [0.5, 0.6) is 0 Å². The smallest absolute Gasteiger partial charge is 0.144 e. The maximum Gasteiger partial charge on any atom is 0.144 e. The molecule has 1 heterocycles. The zero-order valence-electron chi connectivity index (χ0n) is 7.50. The third-order valence-electron chi connectivity index (χ3n) is 1.86. The van der Waals surface area contributed by atoms with E-state index < -0.39 is 0 Å². The average molecular weight is 184 g/mol. The monoisotopic (exact) mass is 184 g/mol. The lowest BCUT2D eigenvalue weighted by atomic mass is 10.1. The van der Waals surface area contributed by atoms with Gasteiger partial charge in [0.15, 0.2) is 0 Å². The number of aryl methyl sites for hydroxylation is 1. The normalized spacial score (nSPS) is 12.9. The molecule has 0 aromatic carbocycles. The minimum absolute atomic E-state index is 0.0132. The van der Waals surface area contributed by atoms with Crippen molar-refractivity contribution in [3.8, 4) is 0 Å². The summed E-state index contributed by atoms with van der Waals surface area (Å²) in [7, 11) is 0. The lowest BCUT2D eigenvalue weighted by Gasteiger charge is -2.09. The quantitative estimate of drug-likeness (QED) is 0.734. The summed E-state index contributed by atoms with van der Waals surface area (Å²) in [6, 6.07) is 2.57. The molecule has 0 aliphatic carbocycles. The Morgan fingerprint density at radius 1 is 1.62 bits per heavy atom. The van der Waals surface area contributed by atoms with Crippen LogP contribution in [0.25, 0.3) is 0 Å². The molecule has 0 aliphatic heterocycles. The highest BCUT2D eigenvalue weighted by Gasteiger charge is 2.08. The summed E-state index contributed by atoms with van der Waals surface area (Å²) in [6.45, 7) is 1.60. The Hall–Kier alpha value is -1.00. The zero-order chi connectivity index (χ0) is 9.84. The van der Waals surface area contributed by atoms with Crippen molar-refractivity contribution in [2.45, 2.75) is 19.4 Å². The zero-order valence-corrected chi connectivity index (χ0v) is 7.50. The SMILES string of the molecule is Cc1nc(C(N)CCO)ccc1F. The first kappa shape index (κ1) is 10.1. The maximum atomic E-state index is 12.8. The van der Waals surface area contributed by atoms with Crippen LogP contribution < -0.4 is 5.73 Å².